The molecule has 0 saturated carbocycles. The Morgan fingerprint density at radius 1 is 0.579 bits per heavy atom. The summed E-state index contributed by atoms with van der Waals surface area (Å²) in [4.78, 5) is 0. The number of hydrogen-bond donors (Lipinski definition) is 0. The third-order valence-corrected chi connectivity index (χ3v) is 0.858. The summed E-state index contributed by atoms with van der Waals surface area (Å²) < 4.78 is 108. The Morgan fingerprint density at radius 2 is 0.737 bits per heavy atom. The zero-order chi connectivity index (χ0) is 15.3. The fourth-order valence-corrected chi connectivity index (χ4v) is 0.214. The molecule has 13 heteroatoms. The van der Waals surface area contributed by atoms with Gasteiger partial charge in [0.2, 0.25) is 0 Å². The molecule has 0 aliphatic rings. The van der Waals surface area contributed by atoms with Crippen LogP contribution in [-0.2, 0) is 0 Å². The van der Waals surface area contributed by atoms with Crippen molar-refractivity contribution in [3.63, 3.8) is 0 Å². The maximum atomic E-state index is 10.8. The summed E-state index contributed by atoms with van der Waals surface area (Å²) in [7, 11) is 0. The van der Waals surface area contributed by atoms with Gasteiger partial charge in [-0.25, -0.2) is 0 Å². The Bertz CT molecular complexity index is 299. The van der Waals surface area contributed by atoms with Crippen molar-refractivity contribution in [1.82, 2.24) is 0 Å². The maximum absolute atomic E-state index is 10.8. The summed E-state index contributed by atoms with van der Waals surface area (Å²) in [5.74, 6) is -6.16. The average molecular weight is 318 g/mol. The maximum Gasteiger partial charge on any atom is 2.00 e. The molecule has 2 nitrogen and oxygen atoms in total. The second-order valence-corrected chi connectivity index (χ2v) is 2.17. The van der Waals surface area contributed by atoms with Crippen molar-refractivity contribution in [3.05, 3.63) is 23.7 Å². The number of hydrogen-bond acceptors (Lipinski definition) is 2. The van der Waals surface area contributed by atoms with Crippen LogP contribution in [0.5, 0.6) is 0 Å². The van der Waals surface area contributed by atoms with Crippen molar-refractivity contribution in [1.29, 1.82) is 0 Å². The van der Waals surface area contributed by atoms with E-state index < -0.39 is 36.0 Å². The van der Waals surface area contributed by atoms with Crippen LogP contribution < -0.4 is 10.2 Å². The molecule has 0 N–H and O–H groups in total. The van der Waals surface area contributed by atoms with E-state index in [4.69, 9.17) is 0 Å². The fraction of sp³-hybridized carbons (Fsp3) is 0.333. The van der Waals surface area contributed by atoms with Crippen molar-refractivity contribution >= 4 is 23.1 Å². The van der Waals surface area contributed by atoms with Gasteiger partial charge in [0.05, 0.1) is 0 Å². The van der Waals surface area contributed by atoms with Gasteiger partial charge in [-0.1, -0.05) is 0 Å². The molecule has 0 radical (unpaired) electrons. The van der Waals surface area contributed by atoms with Gasteiger partial charge in [0.25, 0.3) is 12.2 Å². The Balaban J connectivity index is -0.000000256. The van der Waals surface area contributed by atoms with Crippen LogP contribution in [0.25, 0.3) is 0 Å². The summed E-state index contributed by atoms with van der Waals surface area (Å²) in [6.45, 7) is 0. The predicted octanol–water partition coefficient (Wildman–Crippen LogP) is 1.65. The average Bonchev–Trinajstić information content (AvgIpc) is 2.13. The van der Waals surface area contributed by atoms with E-state index in [1.165, 1.54) is 0 Å². The molecule has 0 bridgehead atoms. The van der Waals surface area contributed by atoms with Gasteiger partial charge >= 0.3 is 35.4 Å². The van der Waals surface area contributed by atoms with Crippen molar-refractivity contribution in [2.24, 2.45) is 0 Å². The SMILES string of the molecule is [Mg+2].[O-]C(=C(F)F)C(F)(F)F.[O-]C(=C(F)F)C(F)(F)F. The van der Waals surface area contributed by atoms with Gasteiger partial charge in [-0.3, -0.25) is 0 Å². The molecular formula is C6F10MgO2. The molecule has 0 aromatic rings. The third-order valence-electron chi connectivity index (χ3n) is 0.858. The molecule has 0 aliphatic carbocycles. The topological polar surface area (TPSA) is 46.1 Å². The van der Waals surface area contributed by atoms with Crippen molar-refractivity contribution < 1.29 is 54.1 Å². The van der Waals surface area contributed by atoms with E-state index in [1.807, 2.05) is 0 Å². The van der Waals surface area contributed by atoms with E-state index in [9.17, 15) is 54.1 Å². The van der Waals surface area contributed by atoms with Crippen molar-refractivity contribution in [2.75, 3.05) is 0 Å². The molecule has 0 saturated heterocycles. The first-order valence-electron chi connectivity index (χ1n) is 3.30. The summed E-state index contributed by atoms with van der Waals surface area (Å²) in [5.41, 5.74) is 0. The summed E-state index contributed by atoms with van der Waals surface area (Å²) in [5, 5.41) is 18.5. The van der Waals surface area contributed by atoms with E-state index in [2.05, 4.69) is 0 Å². The molecule has 108 valence electrons. The van der Waals surface area contributed by atoms with E-state index in [0.29, 0.717) is 0 Å². The minimum atomic E-state index is -5.45. The Morgan fingerprint density at radius 3 is 0.737 bits per heavy atom. The smallest absolute Gasteiger partial charge is 0.866 e. The van der Waals surface area contributed by atoms with Crippen LogP contribution in [0.1, 0.15) is 0 Å². The molecule has 0 atom stereocenters. The molecule has 0 aromatic carbocycles. The molecule has 0 aliphatic heterocycles. The van der Waals surface area contributed by atoms with Gasteiger partial charge in [-0.15, -0.1) is 0 Å². The van der Waals surface area contributed by atoms with Gasteiger partial charge in [-0.05, 0) is 0 Å². The normalized spacial score (nSPS) is 10.6. The molecular weight excluding hydrogens is 318 g/mol. The van der Waals surface area contributed by atoms with Crippen molar-refractivity contribution in [2.45, 2.75) is 12.4 Å². The Kier molecular flexibility index (Phi) is 10.2. The zero-order valence-electron chi connectivity index (χ0n) is 8.30. The van der Waals surface area contributed by atoms with Crippen LogP contribution in [0.3, 0.4) is 0 Å². The van der Waals surface area contributed by atoms with Crippen LogP contribution >= 0.6 is 0 Å². The first-order chi connectivity index (χ1) is 7.71. The minimum Gasteiger partial charge on any atom is -0.866 e. The summed E-state index contributed by atoms with van der Waals surface area (Å²) in [6.07, 6.45) is -17.4. The van der Waals surface area contributed by atoms with Gasteiger partial charge in [0.1, 0.15) is 0 Å². The van der Waals surface area contributed by atoms with E-state index in [1.54, 1.807) is 0 Å². The second kappa shape index (κ2) is 8.34. The Hall–Kier alpha value is -0.854. The van der Waals surface area contributed by atoms with Crippen LogP contribution in [0.2, 0.25) is 0 Å². The number of alkyl halides is 6. The van der Waals surface area contributed by atoms with Crippen LogP contribution in [0.15, 0.2) is 23.7 Å². The van der Waals surface area contributed by atoms with Crippen LogP contribution in [0, 0.1) is 0 Å². The van der Waals surface area contributed by atoms with Crippen LogP contribution in [-0.4, -0.2) is 35.4 Å². The molecule has 0 rings (SSSR count). The number of halogens is 10. The number of allylic oxidation sites excluding steroid dienone is 2. The quantitative estimate of drug-likeness (QED) is 0.387. The van der Waals surface area contributed by atoms with Gasteiger partial charge in [0, 0.05) is 11.5 Å². The minimum absolute atomic E-state index is 0. The summed E-state index contributed by atoms with van der Waals surface area (Å²) >= 11 is 0. The predicted molar refractivity (Wildman–Crippen MR) is 36.3 cm³/mol. The number of rotatable bonds is 0. The molecule has 0 aromatic heterocycles. The molecule has 0 spiro atoms. The molecule has 19 heavy (non-hydrogen) atoms. The van der Waals surface area contributed by atoms with Gasteiger partial charge in [0.15, 0.2) is 0 Å². The Labute approximate surface area is 114 Å². The second-order valence-electron chi connectivity index (χ2n) is 2.17. The van der Waals surface area contributed by atoms with Crippen LogP contribution in [0.4, 0.5) is 43.9 Å². The van der Waals surface area contributed by atoms with Gasteiger partial charge in [-0.2, -0.15) is 43.9 Å². The summed E-state index contributed by atoms with van der Waals surface area (Å²) in [6, 6.07) is 0. The fourth-order valence-electron chi connectivity index (χ4n) is 0.214. The largest absolute Gasteiger partial charge is 2.00 e. The van der Waals surface area contributed by atoms with Crippen molar-refractivity contribution in [3.8, 4) is 0 Å². The third kappa shape index (κ3) is 10.7. The molecule has 0 unspecified atom stereocenters. The van der Waals surface area contributed by atoms with E-state index in [-0.39, 0.29) is 23.1 Å². The zero-order valence-corrected chi connectivity index (χ0v) is 9.72. The standard InChI is InChI=1S/2C3HF5O.Mg/c2*4-2(5)1(9)3(6,7)8;/h2*9H;/q;;+2/p-2. The molecule has 0 fully saturated rings. The van der Waals surface area contributed by atoms with E-state index in [0.717, 1.165) is 0 Å². The molecule has 0 amide bonds. The first kappa shape index (κ1) is 23.3. The van der Waals surface area contributed by atoms with E-state index >= 15 is 0 Å². The van der Waals surface area contributed by atoms with Gasteiger partial charge < -0.3 is 10.2 Å². The first-order valence-corrected chi connectivity index (χ1v) is 3.30. The monoisotopic (exact) mass is 318 g/mol. The molecule has 0 heterocycles.